The third-order valence-electron chi connectivity index (χ3n) is 2.83. The molecule has 0 atom stereocenters. The predicted molar refractivity (Wildman–Crippen MR) is 66.8 cm³/mol. The number of aromatic nitrogens is 3. The van der Waals surface area contributed by atoms with Gasteiger partial charge in [-0.05, 0) is 13.0 Å². The standard InChI is InChI=1S/C12H16N4O3/c1-8-10(12(17)18)5-9(19-8)6-13-4-3-11-15-14-7-16(11)2/h5,7,13H,3-4,6H2,1-2H3,(H,17,18). The highest BCUT2D eigenvalue weighted by Gasteiger charge is 2.13. The maximum Gasteiger partial charge on any atom is 0.339 e. The zero-order valence-electron chi connectivity index (χ0n) is 10.9. The molecular formula is C12H16N4O3. The highest BCUT2D eigenvalue weighted by Crippen LogP contribution is 2.14. The van der Waals surface area contributed by atoms with Crippen LogP contribution in [0.15, 0.2) is 16.8 Å². The van der Waals surface area contributed by atoms with E-state index in [4.69, 9.17) is 9.52 Å². The third kappa shape index (κ3) is 3.19. The van der Waals surface area contributed by atoms with E-state index in [9.17, 15) is 4.79 Å². The Hall–Kier alpha value is -2.15. The minimum atomic E-state index is -0.966. The van der Waals surface area contributed by atoms with Gasteiger partial charge in [0.25, 0.3) is 0 Å². The molecule has 0 radical (unpaired) electrons. The van der Waals surface area contributed by atoms with Gasteiger partial charge in [-0.25, -0.2) is 4.79 Å². The Labute approximate surface area is 110 Å². The van der Waals surface area contributed by atoms with Crippen LogP contribution in [0.5, 0.6) is 0 Å². The largest absolute Gasteiger partial charge is 0.478 e. The van der Waals surface area contributed by atoms with Crippen LogP contribution in [0, 0.1) is 6.92 Å². The third-order valence-corrected chi connectivity index (χ3v) is 2.83. The summed E-state index contributed by atoms with van der Waals surface area (Å²) in [5, 5.41) is 19.9. The fourth-order valence-electron chi connectivity index (χ4n) is 1.79. The molecule has 0 saturated heterocycles. The summed E-state index contributed by atoms with van der Waals surface area (Å²) < 4.78 is 7.22. The highest BCUT2D eigenvalue weighted by atomic mass is 16.4. The molecule has 0 aliphatic carbocycles. The summed E-state index contributed by atoms with van der Waals surface area (Å²) in [5.41, 5.74) is 0.213. The van der Waals surface area contributed by atoms with Crippen LogP contribution in [0.25, 0.3) is 0 Å². The van der Waals surface area contributed by atoms with Crippen LogP contribution in [0.3, 0.4) is 0 Å². The molecule has 2 aromatic heterocycles. The molecular weight excluding hydrogens is 248 g/mol. The molecule has 0 bridgehead atoms. The molecule has 0 spiro atoms. The number of hydrogen-bond acceptors (Lipinski definition) is 5. The molecule has 102 valence electrons. The van der Waals surface area contributed by atoms with Crippen molar-refractivity contribution < 1.29 is 14.3 Å². The van der Waals surface area contributed by atoms with Gasteiger partial charge in [-0.3, -0.25) is 0 Å². The lowest BCUT2D eigenvalue weighted by atomic mass is 10.2. The lowest BCUT2D eigenvalue weighted by molar-refractivity contribution is 0.0695. The number of hydrogen-bond donors (Lipinski definition) is 2. The zero-order chi connectivity index (χ0) is 13.8. The van der Waals surface area contributed by atoms with Crippen molar-refractivity contribution in [3.8, 4) is 0 Å². The van der Waals surface area contributed by atoms with Crippen LogP contribution < -0.4 is 5.32 Å². The minimum Gasteiger partial charge on any atom is -0.478 e. The van der Waals surface area contributed by atoms with Gasteiger partial charge >= 0.3 is 5.97 Å². The summed E-state index contributed by atoms with van der Waals surface area (Å²) in [6.07, 6.45) is 2.41. The van der Waals surface area contributed by atoms with E-state index in [2.05, 4.69) is 15.5 Å². The van der Waals surface area contributed by atoms with E-state index in [0.717, 1.165) is 12.2 Å². The van der Waals surface area contributed by atoms with Gasteiger partial charge in [0.05, 0.1) is 6.54 Å². The fourth-order valence-corrected chi connectivity index (χ4v) is 1.79. The topological polar surface area (TPSA) is 93.2 Å². The molecule has 7 heteroatoms. The molecule has 7 nitrogen and oxygen atoms in total. The Morgan fingerprint density at radius 1 is 1.58 bits per heavy atom. The van der Waals surface area contributed by atoms with Crippen LogP contribution in [0.2, 0.25) is 0 Å². The van der Waals surface area contributed by atoms with Crippen LogP contribution >= 0.6 is 0 Å². The van der Waals surface area contributed by atoms with Crippen molar-refractivity contribution in [3.05, 3.63) is 35.3 Å². The SMILES string of the molecule is Cc1oc(CNCCc2nncn2C)cc1C(=O)O. The molecule has 0 unspecified atom stereocenters. The van der Waals surface area contributed by atoms with Gasteiger partial charge in [0.1, 0.15) is 29.2 Å². The monoisotopic (exact) mass is 264 g/mol. The van der Waals surface area contributed by atoms with Crippen LogP contribution in [0.1, 0.15) is 27.7 Å². The number of nitrogens with one attached hydrogen (secondary N) is 1. The Bertz CT molecular complexity index is 573. The molecule has 0 aliphatic heterocycles. The van der Waals surface area contributed by atoms with Crippen LogP contribution in [-0.4, -0.2) is 32.4 Å². The van der Waals surface area contributed by atoms with Crippen molar-refractivity contribution >= 4 is 5.97 Å². The number of rotatable bonds is 6. The van der Waals surface area contributed by atoms with Gasteiger partial charge in [0.15, 0.2) is 0 Å². The maximum atomic E-state index is 10.9. The highest BCUT2D eigenvalue weighted by molar-refractivity contribution is 5.88. The number of carboxylic acids is 1. The molecule has 2 rings (SSSR count). The second-order valence-corrected chi connectivity index (χ2v) is 4.27. The fraction of sp³-hybridized carbons (Fsp3) is 0.417. The van der Waals surface area contributed by atoms with Gasteiger partial charge in [-0.1, -0.05) is 0 Å². The first kappa shape index (κ1) is 13.3. The Morgan fingerprint density at radius 2 is 2.37 bits per heavy atom. The summed E-state index contributed by atoms with van der Waals surface area (Å²) in [7, 11) is 1.89. The smallest absolute Gasteiger partial charge is 0.339 e. The number of carbonyl (C=O) groups is 1. The normalized spacial score (nSPS) is 10.8. The molecule has 0 fully saturated rings. The minimum absolute atomic E-state index is 0.213. The predicted octanol–water partition coefficient (Wildman–Crippen LogP) is 0.747. The molecule has 2 aromatic rings. The molecule has 0 aliphatic rings. The van der Waals surface area contributed by atoms with Gasteiger partial charge in [0.2, 0.25) is 0 Å². The van der Waals surface area contributed by atoms with E-state index in [0.29, 0.717) is 24.6 Å². The summed E-state index contributed by atoms with van der Waals surface area (Å²) in [5.74, 6) is 0.978. The molecule has 0 aromatic carbocycles. The average Bonchev–Trinajstić information content (AvgIpc) is 2.91. The van der Waals surface area contributed by atoms with Crippen LogP contribution in [0.4, 0.5) is 0 Å². The number of aromatic carboxylic acids is 1. The van der Waals surface area contributed by atoms with Gasteiger partial charge < -0.3 is 19.4 Å². The van der Waals surface area contributed by atoms with E-state index in [1.54, 1.807) is 19.3 Å². The Morgan fingerprint density at radius 3 is 2.95 bits per heavy atom. The Balaban J connectivity index is 1.81. The average molecular weight is 264 g/mol. The van der Waals surface area contributed by atoms with Crippen molar-refractivity contribution in [2.45, 2.75) is 19.9 Å². The molecule has 19 heavy (non-hydrogen) atoms. The first-order chi connectivity index (χ1) is 9.08. The van der Waals surface area contributed by atoms with E-state index in [1.807, 2.05) is 11.6 Å². The van der Waals surface area contributed by atoms with E-state index in [1.165, 1.54) is 0 Å². The second kappa shape index (κ2) is 5.66. The molecule has 2 N–H and O–H groups in total. The first-order valence-corrected chi connectivity index (χ1v) is 5.94. The zero-order valence-corrected chi connectivity index (χ0v) is 10.9. The number of carboxylic acid groups (broad SMARTS) is 1. The summed E-state index contributed by atoms with van der Waals surface area (Å²) in [4.78, 5) is 10.9. The van der Waals surface area contributed by atoms with Crippen molar-refractivity contribution in [2.75, 3.05) is 6.54 Å². The number of aryl methyl sites for hydroxylation is 2. The van der Waals surface area contributed by atoms with Crippen molar-refractivity contribution in [1.82, 2.24) is 20.1 Å². The van der Waals surface area contributed by atoms with E-state index in [-0.39, 0.29) is 5.56 Å². The summed E-state index contributed by atoms with van der Waals surface area (Å²) in [6.45, 7) is 2.85. The molecule has 0 amide bonds. The van der Waals surface area contributed by atoms with Crippen LogP contribution in [-0.2, 0) is 20.0 Å². The molecule has 0 saturated carbocycles. The summed E-state index contributed by atoms with van der Waals surface area (Å²) in [6, 6.07) is 1.55. The quantitative estimate of drug-likeness (QED) is 0.748. The van der Waals surface area contributed by atoms with Crippen molar-refractivity contribution in [2.24, 2.45) is 7.05 Å². The lowest BCUT2D eigenvalue weighted by Gasteiger charge is -2.02. The number of furan rings is 1. The molecule has 2 heterocycles. The van der Waals surface area contributed by atoms with E-state index >= 15 is 0 Å². The van der Waals surface area contributed by atoms with E-state index < -0.39 is 5.97 Å². The lowest BCUT2D eigenvalue weighted by Crippen LogP contribution is -2.17. The van der Waals surface area contributed by atoms with Crippen molar-refractivity contribution in [3.63, 3.8) is 0 Å². The van der Waals surface area contributed by atoms with Crippen molar-refractivity contribution in [1.29, 1.82) is 0 Å². The Kier molecular flexibility index (Phi) is 3.96. The second-order valence-electron chi connectivity index (χ2n) is 4.27. The maximum absolute atomic E-state index is 10.9. The van der Waals surface area contributed by atoms with Gasteiger partial charge in [-0.2, -0.15) is 0 Å². The number of nitrogens with zero attached hydrogens (tertiary/aromatic N) is 3. The first-order valence-electron chi connectivity index (χ1n) is 5.94. The summed E-state index contributed by atoms with van der Waals surface area (Å²) >= 11 is 0. The van der Waals surface area contributed by atoms with Gasteiger partial charge in [0, 0.05) is 20.0 Å². The van der Waals surface area contributed by atoms with Gasteiger partial charge in [-0.15, -0.1) is 10.2 Å².